The molecule has 0 bridgehead atoms. The van der Waals surface area contributed by atoms with Crippen molar-refractivity contribution in [1.82, 2.24) is 4.90 Å². The Balaban J connectivity index is 5.43. The summed E-state index contributed by atoms with van der Waals surface area (Å²) in [5.41, 5.74) is 19.0. The van der Waals surface area contributed by atoms with Gasteiger partial charge in [-0.05, 0) is 70.1 Å². The van der Waals surface area contributed by atoms with Crippen molar-refractivity contribution < 1.29 is 0 Å². The summed E-state index contributed by atoms with van der Waals surface area (Å²) in [5, 5.41) is 0. The highest BCUT2D eigenvalue weighted by molar-refractivity contribution is 4.90. The molecule has 4 heteroatoms. The van der Waals surface area contributed by atoms with Crippen molar-refractivity contribution in [3.05, 3.63) is 0 Å². The molecule has 0 fully saturated rings. The lowest BCUT2D eigenvalue weighted by molar-refractivity contribution is 0.0614. The molecule has 1 unspecified atom stereocenters. The van der Waals surface area contributed by atoms with Crippen LogP contribution >= 0.6 is 0 Å². The lowest BCUT2D eigenvalue weighted by Gasteiger charge is -2.44. The van der Waals surface area contributed by atoms with Crippen LogP contribution in [0.2, 0.25) is 0 Å². The minimum absolute atomic E-state index is 0.150. The summed E-state index contributed by atoms with van der Waals surface area (Å²) < 4.78 is 0. The Kier molecular flexibility index (Phi) is 9.05. The minimum atomic E-state index is -0.161. The molecule has 1 atom stereocenters. The van der Waals surface area contributed by atoms with E-state index in [1.165, 1.54) is 0 Å². The highest BCUT2D eigenvalue weighted by Crippen LogP contribution is 2.34. The Morgan fingerprint density at radius 1 is 0.630 bits per heavy atom. The molecule has 4 nitrogen and oxygen atoms in total. The fraction of sp³-hybridized carbons (Fsp3) is 1.00. The molecule has 0 saturated heterocycles. The van der Waals surface area contributed by atoms with Gasteiger partial charge >= 0.3 is 0 Å². The second kappa shape index (κ2) is 9.11. The molecule has 0 aliphatic carbocycles. The van der Waals surface area contributed by atoms with Gasteiger partial charge in [0.2, 0.25) is 0 Å². The molecule has 164 valence electrons. The largest absolute Gasteiger partial charge is 0.328 e. The van der Waals surface area contributed by atoms with Gasteiger partial charge in [-0.1, -0.05) is 41.5 Å². The van der Waals surface area contributed by atoms with Gasteiger partial charge in [0.25, 0.3) is 0 Å². The Bertz CT molecular complexity index is 406. The molecule has 0 saturated carbocycles. The van der Waals surface area contributed by atoms with E-state index in [2.05, 4.69) is 81.1 Å². The van der Waals surface area contributed by atoms with E-state index in [0.717, 1.165) is 38.9 Å². The molecule has 0 heterocycles. The lowest BCUT2D eigenvalue weighted by atomic mass is 9.77. The van der Waals surface area contributed by atoms with Gasteiger partial charge in [0.05, 0.1) is 0 Å². The molecule has 0 aliphatic rings. The van der Waals surface area contributed by atoms with Gasteiger partial charge in [-0.15, -0.1) is 0 Å². The van der Waals surface area contributed by atoms with Crippen LogP contribution in [0.4, 0.5) is 0 Å². The van der Waals surface area contributed by atoms with Crippen molar-refractivity contribution in [2.75, 3.05) is 19.6 Å². The molecule has 0 aromatic carbocycles. The van der Waals surface area contributed by atoms with Crippen LogP contribution in [0.15, 0.2) is 0 Å². The van der Waals surface area contributed by atoms with Crippen LogP contribution in [0.5, 0.6) is 0 Å². The molecule has 0 rings (SSSR count). The van der Waals surface area contributed by atoms with E-state index in [1.54, 1.807) is 0 Å². The van der Waals surface area contributed by atoms with Crippen molar-refractivity contribution in [3.8, 4) is 0 Å². The predicted octanol–water partition coefficient (Wildman–Crippen LogP) is 4.36. The summed E-state index contributed by atoms with van der Waals surface area (Å²) in [6, 6.07) is 0.217. The Hall–Kier alpha value is -0.160. The highest BCUT2D eigenvalue weighted by atomic mass is 15.1. The van der Waals surface area contributed by atoms with Crippen LogP contribution in [0, 0.1) is 16.2 Å². The summed E-state index contributed by atoms with van der Waals surface area (Å²) in [6.45, 7) is 27.7. The van der Waals surface area contributed by atoms with Crippen molar-refractivity contribution in [2.24, 2.45) is 33.4 Å². The van der Waals surface area contributed by atoms with Gasteiger partial charge in [0.15, 0.2) is 0 Å². The normalized spacial score (nSPS) is 16.1. The summed E-state index contributed by atoms with van der Waals surface area (Å²) in [6.07, 6.45) is 3.01. The zero-order chi connectivity index (χ0) is 21.9. The first kappa shape index (κ1) is 26.8. The smallest absolute Gasteiger partial charge is 0.0103 e. The summed E-state index contributed by atoms with van der Waals surface area (Å²) in [7, 11) is 0. The zero-order valence-corrected chi connectivity index (χ0v) is 20.5. The van der Waals surface area contributed by atoms with Gasteiger partial charge < -0.3 is 22.1 Å². The van der Waals surface area contributed by atoms with Crippen LogP contribution in [-0.2, 0) is 0 Å². The molecule has 0 aliphatic heterocycles. The van der Waals surface area contributed by atoms with Crippen LogP contribution < -0.4 is 17.2 Å². The van der Waals surface area contributed by atoms with E-state index < -0.39 is 0 Å². The highest BCUT2D eigenvalue weighted by Gasteiger charge is 2.34. The third-order valence-electron chi connectivity index (χ3n) is 4.70. The van der Waals surface area contributed by atoms with Crippen molar-refractivity contribution in [1.29, 1.82) is 0 Å². The maximum absolute atomic E-state index is 6.35. The Morgan fingerprint density at radius 3 is 1.19 bits per heavy atom. The van der Waals surface area contributed by atoms with Crippen molar-refractivity contribution in [2.45, 2.75) is 113 Å². The SMILES string of the molecule is CC(N)CC(C)(C)CN(CC(C)(C)CC(C)(C)N)CC(C)(C)CC(C)(C)N. The fourth-order valence-electron chi connectivity index (χ4n) is 5.50. The van der Waals surface area contributed by atoms with Crippen LogP contribution in [0.3, 0.4) is 0 Å². The number of nitrogens with two attached hydrogens (primary N) is 3. The second-order valence-corrected chi connectivity index (χ2v) is 13.1. The van der Waals surface area contributed by atoms with Crippen molar-refractivity contribution >= 4 is 0 Å². The quantitative estimate of drug-likeness (QED) is 0.467. The predicted molar refractivity (Wildman–Crippen MR) is 122 cm³/mol. The first-order valence-corrected chi connectivity index (χ1v) is 10.7. The molecule has 0 spiro atoms. The standard InChI is InChI=1S/C23H52N4/c1-18(24)12-19(2,3)15-27(16-20(4,5)13-22(8,9)25)17-21(6,7)14-23(10,11)26/h18H,12-17,24-26H2,1-11H3. The first-order valence-electron chi connectivity index (χ1n) is 10.7. The van der Waals surface area contributed by atoms with Gasteiger partial charge in [-0.25, -0.2) is 0 Å². The van der Waals surface area contributed by atoms with E-state index >= 15 is 0 Å². The third-order valence-corrected chi connectivity index (χ3v) is 4.70. The van der Waals surface area contributed by atoms with Gasteiger partial charge in [-0.2, -0.15) is 0 Å². The van der Waals surface area contributed by atoms with E-state index in [0.29, 0.717) is 0 Å². The van der Waals surface area contributed by atoms with Crippen LogP contribution in [0.25, 0.3) is 0 Å². The van der Waals surface area contributed by atoms with Crippen LogP contribution in [0.1, 0.15) is 95.4 Å². The van der Waals surface area contributed by atoms with Crippen molar-refractivity contribution in [3.63, 3.8) is 0 Å². The number of hydrogen-bond donors (Lipinski definition) is 3. The summed E-state index contributed by atoms with van der Waals surface area (Å²) in [4.78, 5) is 2.64. The average Bonchev–Trinajstić information content (AvgIpc) is 2.14. The van der Waals surface area contributed by atoms with E-state index in [1.807, 2.05) is 0 Å². The fourth-order valence-corrected chi connectivity index (χ4v) is 5.50. The number of hydrogen-bond acceptors (Lipinski definition) is 4. The molecule has 0 radical (unpaired) electrons. The Labute approximate surface area is 171 Å². The van der Waals surface area contributed by atoms with Gasteiger partial charge in [0, 0.05) is 36.8 Å². The average molecular weight is 385 g/mol. The Morgan fingerprint density at radius 2 is 0.926 bits per heavy atom. The van der Waals surface area contributed by atoms with E-state index in [4.69, 9.17) is 17.2 Å². The zero-order valence-electron chi connectivity index (χ0n) is 20.5. The lowest BCUT2D eigenvalue weighted by Crippen LogP contribution is -2.49. The summed E-state index contributed by atoms with van der Waals surface area (Å²) in [5.74, 6) is 0. The van der Waals surface area contributed by atoms with E-state index in [-0.39, 0.29) is 33.4 Å². The second-order valence-electron chi connectivity index (χ2n) is 13.1. The van der Waals surface area contributed by atoms with Gasteiger partial charge in [0.1, 0.15) is 0 Å². The van der Waals surface area contributed by atoms with Gasteiger partial charge in [-0.3, -0.25) is 0 Å². The molecule has 27 heavy (non-hydrogen) atoms. The maximum atomic E-state index is 6.35. The topological polar surface area (TPSA) is 81.3 Å². The minimum Gasteiger partial charge on any atom is -0.328 e. The number of rotatable bonds is 12. The van der Waals surface area contributed by atoms with Crippen LogP contribution in [-0.4, -0.2) is 41.7 Å². The molecule has 0 amide bonds. The summed E-state index contributed by atoms with van der Waals surface area (Å²) >= 11 is 0. The maximum Gasteiger partial charge on any atom is 0.0103 e. The molecule has 0 aromatic rings. The third kappa shape index (κ3) is 14.5. The molecular formula is C23H52N4. The first-order chi connectivity index (χ1) is 11.6. The molecule has 6 N–H and O–H groups in total. The molecule has 0 aromatic heterocycles. The van der Waals surface area contributed by atoms with E-state index in [9.17, 15) is 0 Å². The monoisotopic (exact) mass is 384 g/mol. The molecular weight excluding hydrogens is 332 g/mol. The number of nitrogens with zero attached hydrogens (tertiary/aromatic N) is 1.